The molecule has 4 heteroatoms. The zero-order chi connectivity index (χ0) is 13.9. The van der Waals surface area contributed by atoms with E-state index in [-0.39, 0.29) is 5.56 Å². The number of nitrogens with zero attached hydrogens (tertiary/aromatic N) is 1. The standard InChI is InChI=1S/C16H18N2O2/c1-20-14-10-6-5-8-12(14)15-17-13-9-4-2-3-7-11(13)16(19)18-15/h5-6,8,10H,2-4,7,9H2,1H3,(H,17,18,19). The van der Waals surface area contributed by atoms with E-state index in [1.54, 1.807) is 7.11 Å². The predicted octanol–water partition coefficient (Wildman–Crippen LogP) is 2.71. The lowest BCUT2D eigenvalue weighted by Crippen LogP contribution is -2.18. The maximum absolute atomic E-state index is 12.3. The van der Waals surface area contributed by atoms with E-state index in [1.807, 2.05) is 24.3 Å². The molecule has 1 N–H and O–H groups in total. The lowest BCUT2D eigenvalue weighted by molar-refractivity contribution is 0.416. The van der Waals surface area contributed by atoms with Gasteiger partial charge in [0.15, 0.2) is 0 Å². The van der Waals surface area contributed by atoms with Gasteiger partial charge in [0.2, 0.25) is 0 Å². The van der Waals surface area contributed by atoms with E-state index in [9.17, 15) is 4.79 Å². The summed E-state index contributed by atoms with van der Waals surface area (Å²) in [6.07, 6.45) is 5.08. The summed E-state index contributed by atoms with van der Waals surface area (Å²) in [7, 11) is 1.63. The second-order valence-corrected chi connectivity index (χ2v) is 5.10. The fraction of sp³-hybridized carbons (Fsp3) is 0.375. The summed E-state index contributed by atoms with van der Waals surface area (Å²) in [5.74, 6) is 1.33. The van der Waals surface area contributed by atoms with Crippen molar-refractivity contribution < 1.29 is 4.74 Å². The van der Waals surface area contributed by atoms with E-state index in [0.717, 1.165) is 48.3 Å². The van der Waals surface area contributed by atoms with Gasteiger partial charge in [-0.05, 0) is 37.8 Å². The molecule has 1 aromatic heterocycles. The van der Waals surface area contributed by atoms with Crippen molar-refractivity contribution in [3.8, 4) is 17.1 Å². The lowest BCUT2D eigenvalue weighted by atomic mass is 10.1. The molecule has 0 bridgehead atoms. The van der Waals surface area contributed by atoms with Crippen LogP contribution >= 0.6 is 0 Å². The molecular weight excluding hydrogens is 252 g/mol. The first-order chi connectivity index (χ1) is 9.79. The largest absolute Gasteiger partial charge is 0.496 e. The smallest absolute Gasteiger partial charge is 0.254 e. The van der Waals surface area contributed by atoms with Crippen molar-refractivity contribution in [2.24, 2.45) is 0 Å². The topological polar surface area (TPSA) is 55.0 Å². The maximum atomic E-state index is 12.3. The van der Waals surface area contributed by atoms with E-state index >= 15 is 0 Å². The Morgan fingerprint density at radius 3 is 2.80 bits per heavy atom. The number of benzene rings is 1. The Morgan fingerprint density at radius 2 is 1.95 bits per heavy atom. The van der Waals surface area contributed by atoms with E-state index < -0.39 is 0 Å². The Bertz CT molecular complexity index is 676. The van der Waals surface area contributed by atoms with Gasteiger partial charge in [-0.25, -0.2) is 4.98 Å². The number of aryl methyl sites for hydroxylation is 1. The average Bonchev–Trinajstić information content (AvgIpc) is 2.73. The molecule has 0 saturated carbocycles. The lowest BCUT2D eigenvalue weighted by Gasteiger charge is -2.10. The van der Waals surface area contributed by atoms with Crippen molar-refractivity contribution in [2.45, 2.75) is 32.1 Å². The monoisotopic (exact) mass is 270 g/mol. The number of aromatic amines is 1. The van der Waals surface area contributed by atoms with E-state index in [2.05, 4.69) is 9.97 Å². The van der Waals surface area contributed by atoms with Gasteiger partial charge in [-0.1, -0.05) is 18.6 Å². The third-order valence-corrected chi connectivity index (χ3v) is 3.80. The molecule has 1 aromatic carbocycles. The highest BCUT2D eigenvalue weighted by Crippen LogP contribution is 2.27. The third kappa shape index (κ3) is 2.33. The Labute approximate surface area is 117 Å². The van der Waals surface area contributed by atoms with Gasteiger partial charge >= 0.3 is 0 Å². The Balaban J connectivity index is 2.14. The molecule has 3 rings (SSSR count). The van der Waals surface area contributed by atoms with Crippen LogP contribution in [0.5, 0.6) is 5.75 Å². The zero-order valence-electron chi connectivity index (χ0n) is 11.6. The van der Waals surface area contributed by atoms with Gasteiger partial charge in [0, 0.05) is 5.56 Å². The number of ether oxygens (including phenoxy) is 1. The quantitative estimate of drug-likeness (QED) is 0.854. The van der Waals surface area contributed by atoms with Crippen molar-refractivity contribution in [2.75, 3.05) is 7.11 Å². The van der Waals surface area contributed by atoms with Gasteiger partial charge < -0.3 is 9.72 Å². The molecule has 1 heterocycles. The van der Waals surface area contributed by atoms with Crippen LogP contribution in [-0.4, -0.2) is 17.1 Å². The van der Waals surface area contributed by atoms with Crippen molar-refractivity contribution in [3.63, 3.8) is 0 Å². The second-order valence-electron chi connectivity index (χ2n) is 5.10. The number of hydrogen-bond donors (Lipinski definition) is 1. The van der Waals surface area contributed by atoms with Crippen LogP contribution in [0, 0.1) is 0 Å². The molecule has 104 valence electrons. The molecule has 0 radical (unpaired) electrons. The number of H-pyrrole nitrogens is 1. The summed E-state index contributed by atoms with van der Waals surface area (Å²) in [6, 6.07) is 7.62. The highest BCUT2D eigenvalue weighted by atomic mass is 16.5. The molecule has 0 amide bonds. The second kappa shape index (κ2) is 5.49. The summed E-state index contributed by atoms with van der Waals surface area (Å²) in [5, 5.41) is 0. The van der Waals surface area contributed by atoms with Crippen molar-refractivity contribution >= 4 is 0 Å². The Morgan fingerprint density at radius 1 is 1.15 bits per heavy atom. The molecule has 0 saturated heterocycles. The van der Waals surface area contributed by atoms with Gasteiger partial charge in [-0.3, -0.25) is 4.79 Å². The van der Waals surface area contributed by atoms with E-state index in [0.29, 0.717) is 5.82 Å². The fourth-order valence-corrected chi connectivity index (χ4v) is 2.75. The Hall–Kier alpha value is -2.10. The Kier molecular flexibility index (Phi) is 3.54. The van der Waals surface area contributed by atoms with Crippen molar-refractivity contribution in [1.29, 1.82) is 0 Å². The molecule has 20 heavy (non-hydrogen) atoms. The summed E-state index contributed by atoms with van der Waals surface area (Å²) in [5.41, 5.74) is 2.64. The van der Waals surface area contributed by atoms with Gasteiger partial charge in [0.1, 0.15) is 11.6 Å². The molecule has 4 nitrogen and oxygen atoms in total. The van der Waals surface area contributed by atoms with Crippen LogP contribution in [0.3, 0.4) is 0 Å². The first-order valence-electron chi connectivity index (χ1n) is 7.05. The summed E-state index contributed by atoms with van der Waals surface area (Å²) in [6.45, 7) is 0. The first-order valence-corrected chi connectivity index (χ1v) is 7.05. The molecule has 0 atom stereocenters. The third-order valence-electron chi connectivity index (χ3n) is 3.80. The SMILES string of the molecule is COc1ccccc1-c1nc2c(c(=O)[nH]1)CCCCC2. The van der Waals surface area contributed by atoms with Crippen LogP contribution in [0.1, 0.15) is 30.5 Å². The summed E-state index contributed by atoms with van der Waals surface area (Å²) < 4.78 is 5.35. The molecule has 1 aliphatic carbocycles. The van der Waals surface area contributed by atoms with Crippen LogP contribution < -0.4 is 10.3 Å². The molecule has 0 spiro atoms. The number of methoxy groups -OCH3 is 1. The molecule has 0 fully saturated rings. The van der Waals surface area contributed by atoms with E-state index in [1.165, 1.54) is 6.42 Å². The number of nitrogens with one attached hydrogen (secondary N) is 1. The van der Waals surface area contributed by atoms with Gasteiger partial charge in [0.05, 0.1) is 18.4 Å². The van der Waals surface area contributed by atoms with Crippen LogP contribution in [0.25, 0.3) is 11.4 Å². The number of aromatic nitrogens is 2. The normalized spacial score (nSPS) is 14.4. The zero-order valence-corrected chi connectivity index (χ0v) is 11.6. The number of para-hydroxylation sites is 1. The van der Waals surface area contributed by atoms with Crippen molar-refractivity contribution in [3.05, 3.63) is 45.9 Å². The van der Waals surface area contributed by atoms with Gasteiger partial charge in [-0.2, -0.15) is 0 Å². The number of hydrogen-bond acceptors (Lipinski definition) is 3. The molecule has 0 unspecified atom stereocenters. The number of rotatable bonds is 2. The fourth-order valence-electron chi connectivity index (χ4n) is 2.75. The molecule has 0 aliphatic heterocycles. The number of fused-ring (bicyclic) bond motifs is 1. The molecule has 1 aliphatic rings. The van der Waals surface area contributed by atoms with Crippen LogP contribution in [-0.2, 0) is 12.8 Å². The highest BCUT2D eigenvalue weighted by molar-refractivity contribution is 5.64. The summed E-state index contributed by atoms with van der Waals surface area (Å²) in [4.78, 5) is 19.9. The first kappa shape index (κ1) is 12.9. The molecule has 2 aromatic rings. The highest BCUT2D eigenvalue weighted by Gasteiger charge is 2.16. The minimum Gasteiger partial charge on any atom is -0.496 e. The minimum absolute atomic E-state index is 0.00203. The average molecular weight is 270 g/mol. The van der Waals surface area contributed by atoms with Crippen LogP contribution in [0.4, 0.5) is 0 Å². The molecular formula is C16H18N2O2. The summed E-state index contributed by atoms with van der Waals surface area (Å²) >= 11 is 0. The van der Waals surface area contributed by atoms with Crippen LogP contribution in [0.15, 0.2) is 29.1 Å². The maximum Gasteiger partial charge on any atom is 0.254 e. The van der Waals surface area contributed by atoms with E-state index in [4.69, 9.17) is 4.74 Å². The predicted molar refractivity (Wildman–Crippen MR) is 78.1 cm³/mol. The minimum atomic E-state index is -0.00203. The van der Waals surface area contributed by atoms with Gasteiger partial charge in [-0.15, -0.1) is 0 Å². The van der Waals surface area contributed by atoms with Gasteiger partial charge in [0.25, 0.3) is 5.56 Å². The van der Waals surface area contributed by atoms with Crippen LogP contribution in [0.2, 0.25) is 0 Å². The van der Waals surface area contributed by atoms with Crippen molar-refractivity contribution in [1.82, 2.24) is 9.97 Å².